The van der Waals surface area contributed by atoms with E-state index in [-0.39, 0.29) is 25.5 Å². The van der Waals surface area contributed by atoms with Crippen molar-refractivity contribution in [3.63, 3.8) is 0 Å². The molecule has 1 heterocycles. The molecule has 3 aliphatic rings. The minimum Gasteiger partial charge on any atom is -0.479 e. The van der Waals surface area contributed by atoms with Gasteiger partial charge in [-0.2, -0.15) is 0 Å². The summed E-state index contributed by atoms with van der Waals surface area (Å²) in [7, 11) is 0. The summed E-state index contributed by atoms with van der Waals surface area (Å²) >= 11 is 0. The van der Waals surface area contributed by atoms with Gasteiger partial charge in [0.1, 0.15) is 29.8 Å². The van der Waals surface area contributed by atoms with E-state index in [0.717, 1.165) is 42.4 Å². The fourth-order valence-electron chi connectivity index (χ4n) is 6.47. The third kappa shape index (κ3) is 7.66. The van der Waals surface area contributed by atoms with Crippen molar-refractivity contribution in [2.24, 2.45) is 16.5 Å². The molecule has 2 aromatic rings. The van der Waals surface area contributed by atoms with Gasteiger partial charge in [0, 0.05) is 17.9 Å². The van der Waals surface area contributed by atoms with Crippen LogP contribution >= 0.6 is 0 Å². The summed E-state index contributed by atoms with van der Waals surface area (Å²) in [4.78, 5) is 60.2. The number of carboxylic acids is 1. The molecule has 5 rings (SSSR count). The number of carbonyl (C=O) groups is 4. The number of hydrogen-bond acceptors (Lipinski definition) is 7. The Morgan fingerprint density at radius 1 is 1.04 bits per heavy atom. The quantitative estimate of drug-likeness (QED) is 0.179. The maximum absolute atomic E-state index is 14.2. The number of aliphatic carboxylic acids is 1. The molecule has 0 unspecified atom stereocenters. The lowest BCUT2D eigenvalue weighted by molar-refractivity contribution is -0.146. The zero-order valence-electron chi connectivity index (χ0n) is 27.2. The number of ether oxygens (including phenoxy) is 1. The highest BCUT2D eigenvalue weighted by atomic mass is 16.6. The Balaban J connectivity index is 1.36. The Morgan fingerprint density at radius 3 is 2.36 bits per heavy atom. The minimum absolute atomic E-state index is 0.00544. The Morgan fingerprint density at radius 2 is 1.72 bits per heavy atom. The summed E-state index contributed by atoms with van der Waals surface area (Å²) in [6.45, 7) is 9.15. The average Bonchev–Trinajstić information content (AvgIpc) is 3.32. The maximum atomic E-state index is 14.2. The molecule has 1 aliphatic heterocycles. The van der Waals surface area contributed by atoms with Gasteiger partial charge in [0.15, 0.2) is 0 Å². The molecule has 3 N–H and O–H groups in total. The normalized spacial score (nSPS) is 24.8. The maximum Gasteiger partial charge on any atom is 0.408 e. The van der Waals surface area contributed by atoms with Crippen molar-refractivity contribution in [1.29, 1.82) is 0 Å². The average molecular weight is 645 g/mol. The van der Waals surface area contributed by atoms with Crippen LogP contribution in [0.5, 0.6) is 0 Å². The van der Waals surface area contributed by atoms with Gasteiger partial charge in [0.05, 0.1) is 12.8 Å². The number of hydrogen-bond donors (Lipinski definition) is 3. The van der Waals surface area contributed by atoms with Crippen molar-refractivity contribution >= 4 is 30.1 Å². The van der Waals surface area contributed by atoms with E-state index in [4.69, 9.17) is 9.57 Å². The second kappa shape index (κ2) is 14.0. The molecule has 0 aromatic heterocycles. The number of nitrogens with zero attached hydrogens (tertiary/aromatic N) is 2. The molecule has 0 bridgehead atoms. The highest BCUT2D eigenvalue weighted by Crippen LogP contribution is 2.45. The molecule has 2 saturated carbocycles. The van der Waals surface area contributed by atoms with Crippen LogP contribution in [0.1, 0.15) is 64.9 Å². The zero-order valence-corrected chi connectivity index (χ0v) is 27.2. The van der Waals surface area contributed by atoms with E-state index < -0.39 is 58.9 Å². The number of rotatable bonds is 11. The molecule has 1 saturated heterocycles. The van der Waals surface area contributed by atoms with Gasteiger partial charge in [-0.05, 0) is 48.6 Å². The van der Waals surface area contributed by atoms with E-state index in [2.05, 4.69) is 22.4 Å². The van der Waals surface area contributed by atoms with Crippen LogP contribution < -0.4 is 10.6 Å². The number of alkyl carbamates (subject to hydrolysis) is 1. The molecule has 0 radical (unpaired) electrons. The van der Waals surface area contributed by atoms with Crippen molar-refractivity contribution in [3.05, 3.63) is 72.8 Å². The van der Waals surface area contributed by atoms with Crippen molar-refractivity contribution in [2.45, 2.75) is 89.1 Å². The molecule has 250 valence electrons. The van der Waals surface area contributed by atoms with E-state index in [0.29, 0.717) is 0 Å². The van der Waals surface area contributed by atoms with Crippen LogP contribution in [0.3, 0.4) is 0 Å². The van der Waals surface area contributed by atoms with Crippen LogP contribution in [0.2, 0.25) is 0 Å². The summed E-state index contributed by atoms with van der Waals surface area (Å²) in [6, 6.07) is 15.5. The molecule has 47 heavy (non-hydrogen) atoms. The Kier molecular flexibility index (Phi) is 10.0. The van der Waals surface area contributed by atoms with Crippen LogP contribution in [0.15, 0.2) is 72.4 Å². The number of oxime groups is 1. The monoisotopic (exact) mass is 644 g/mol. The highest BCUT2D eigenvalue weighted by Gasteiger charge is 2.61. The standard InChI is InChI=1S/C36H44N4O7/c1-5-25-20-36(25,33(43)44)39-31(41)29-19-27(47-37-21-24-15-9-12-18-28(24)23-13-7-6-8-14-23)22-40(29)32(42)30(35(2,3)4)38-34(45)46-26-16-10-11-17-26/h5-9,12-15,18,21,25-27,29-30H,1,10-11,16-17,19-20,22H2,2-4H3,(H,38,45)(H,39,41)(H,43,44)/b37-21+/t25-,27-,29+,30-,36+/m1/s1. The lowest BCUT2D eigenvalue weighted by atomic mass is 9.85. The number of likely N-dealkylation sites (tertiary alicyclic amines) is 1. The number of carbonyl (C=O) groups excluding carboxylic acids is 3. The summed E-state index contributed by atoms with van der Waals surface area (Å²) in [5.74, 6) is -2.70. The smallest absolute Gasteiger partial charge is 0.408 e. The van der Waals surface area contributed by atoms with Crippen LogP contribution in [0.4, 0.5) is 4.79 Å². The Hall–Kier alpha value is -4.67. The number of nitrogens with one attached hydrogen (secondary N) is 2. The van der Waals surface area contributed by atoms with Gasteiger partial charge in [0.25, 0.3) is 0 Å². The van der Waals surface area contributed by atoms with E-state index in [1.807, 2.05) is 75.4 Å². The third-order valence-corrected chi connectivity index (χ3v) is 9.27. The largest absolute Gasteiger partial charge is 0.479 e. The third-order valence-electron chi connectivity index (χ3n) is 9.27. The van der Waals surface area contributed by atoms with Gasteiger partial charge < -0.3 is 30.2 Å². The van der Waals surface area contributed by atoms with Crippen molar-refractivity contribution < 1.29 is 33.9 Å². The minimum atomic E-state index is -1.47. The lowest BCUT2D eigenvalue weighted by Crippen LogP contribution is -2.59. The highest BCUT2D eigenvalue weighted by molar-refractivity contribution is 5.96. The Labute approximate surface area is 275 Å². The van der Waals surface area contributed by atoms with E-state index in [9.17, 15) is 24.3 Å². The molecule has 3 amide bonds. The van der Waals surface area contributed by atoms with Crippen molar-refractivity contribution in [3.8, 4) is 11.1 Å². The van der Waals surface area contributed by atoms with Crippen LogP contribution in [-0.4, -0.2) is 76.5 Å². The second-order valence-electron chi connectivity index (χ2n) is 13.7. The van der Waals surface area contributed by atoms with Crippen LogP contribution in [0.25, 0.3) is 11.1 Å². The first-order valence-electron chi connectivity index (χ1n) is 16.2. The van der Waals surface area contributed by atoms with E-state index >= 15 is 0 Å². The molecule has 3 fully saturated rings. The van der Waals surface area contributed by atoms with Crippen molar-refractivity contribution in [1.82, 2.24) is 15.5 Å². The molecule has 11 nitrogen and oxygen atoms in total. The van der Waals surface area contributed by atoms with Crippen LogP contribution in [-0.2, 0) is 24.0 Å². The van der Waals surface area contributed by atoms with Gasteiger partial charge in [-0.1, -0.05) is 86.6 Å². The topological polar surface area (TPSA) is 147 Å². The first kappa shape index (κ1) is 33.7. The zero-order chi connectivity index (χ0) is 33.8. The summed E-state index contributed by atoms with van der Waals surface area (Å²) < 4.78 is 5.59. The molecule has 11 heteroatoms. The Bertz CT molecular complexity index is 1510. The number of amides is 3. The second-order valence-corrected chi connectivity index (χ2v) is 13.7. The lowest BCUT2D eigenvalue weighted by Gasteiger charge is -2.35. The van der Waals surface area contributed by atoms with Gasteiger partial charge >= 0.3 is 12.1 Å². The van der Waals surface area contributed by atoms with E-state index in [1.54, 1.807) is 6.21 Å². The van der Waals surface area contributed by atoms with E-state index in [1.165, 1.54) is 11.0 Å². The number of carboxylic acid groups (broad SMARTS) is 1. The molecule has 2 aromatic carbocycles. The van der Waals surface area contributed by atoms with Crippen molar-refractivity contribution in [2.75, 3.05) is 6.54 Å². The fourth-order valence-corrected chi connectivity index (χ4v) is 6.47. The first-order chi connectivity index (χ1) is 22.4. The molecular weight excluding hydrogens is 600 g/mol. The van der Waals surface area contributed by atoms with Crippen LogP contribution in [0, 0.1) is 11.3 Å². The summed E-state index contributed by atoms with van der Waals surface area (Å²) in [6.07, 6.45) is 5.37. The molecule has 2 aliphatic carbocycles. The van der Waals surface area contributed by atoms with Gasteiger partial charge in [-0.3, -0.25) is 9.59 Å². The first-order valence-corrected chi connectivity index (χ1v) is 16.2. The molecule has 0 spiro atoms. The predicted octanol–water partition coefficient (Wildman–Crippen LogP) is 4.90. The molecular formula is C36H44N4O7. The number of benzene rings is 2. The van der Waals surface area contributed by atoms with Gasteiger partial charge in [-0.25, -0.2) is 9.59 Å². The molecule has 5 atom stereocenters. The fraction of sp³-hybridized carbons (Fsp3) is 0.472. The van der Waals surface area contributed by atoms with Gasteiger partial charge in [0.2, 0.25) is 11.8 Å². The van der Waals surface area contributed by atoms with Gasteiger partial charge in [-0.15, -0.1) is 6.58 Å². The summed E-state index contributed by atoms with van der Waals surface area (Å²) in [5, 5.41) is 19.6. The summed E-state index contributed by atoms with van der Waals surface area (Å²) in [5.41, 5.74) is 0.589. The predicted molar refractivity (Wildman–Crippen MR) is 176 cm³/mol. The SMILES string of the molecule is C=C[C@@H]1C[C@@]1(NC(=O)[C@@H]1C[C@@H](O/N=C/c2ccccc2-c2ccccc2)CN1C(=O)[C@@H](NC(=O)OC1CCCC1)C(C)(C)C)C(=O)O.